The zero-order valence-corrected chi connectivity index (χ0v) is 20.9. The summed E-state index contributed by atoms with van der Waals surface area (Å²) in [5, 5.41) is 3.99. The zero-order valence-electron chi connectivity index (χ0n) is 20.1. The van der Waals surface area contributed by atoms with Crippen LogP contribution in [-0.2, 0) is 25.6 Å². The minimum atomic E-state index is -1.43. The Morgan fingerprint density at radius 1 is 1.03 bits per heavy atom. The van der Waals surface area contributed by atoms with Crippen molar-refractivity contribution in [3.05, 3.63) is 70.9 Å². The smallest absolute Gasteiger partial charge is 0.328 e. The number of anilines is 1. The van der Waals surface area contributed by atoms with Crippen molar-refractivity contribution in [3.63, 3.8) is 0 Å². The maximum atomic E-state index is 13.6. The second kappa shape index (κ2) is 11.2. The molecule has 10 heteroatoms. The Kier molecular flexibility index (Phi) is 7.84. The Balaban J connectivity index is 1.89. The molecule has 0 unspecified atom stereocenters. The first-order chi connectivity index (χ1) is 17.4. The van der Waals surface area contributed by atoms with Gasteiger partial charge >= 0.3 is 11.9 Å². The number of thiophene rings is 1. The Labute approximate surface area is 211 Å². The fourth-order valence-electron chi connectivity index (χ4n) is 3.78. The van der Waals surface area contributed by atoms with Crippen LogP contribution in [0.1, 0.15) is 36.2 Å². The van der Waals surface area contributed by atoms with Crippen molar-refractivity contribution in [2.24, 2.45) is 0 Å². The molecule has 4 rings (SSSR count). The Hall–Kier alpha value is -3.92. The number of rotatable bonds is 9. The van der Waals surface area contributed by atoms with Crippen molar-refractivity contribution < 1.29 is 23.5 Å². The summed E-state index contributed by atoms with van der Waals surface area (Å²) < 4.78 is 23.9. The molecule has 0 saturated heterocycles. The number of halogens is 1. The molecule has 0 amide bonds. The number of hydrogen-bond acceptors (Lipinski definition) is 9. The Morgan fingerprint density at radius 2 is 1.72 bits per heavy atom. The molecule has 1 N–H and O–H groups in total. The van der Waals surface area contributed by atoms with Gasteiger partial charge in [0, 0.05) is 16.6 Å². The summed E-state index contributed by atoms with van der Waals surface area (Å²) in [6.07, 6.45) is 1.69. The number of nitrogens with zero attached hydrogens (tertiary/aromatic N) is 3. The molecule has 0 radical (unpaired) electrons. The average Bonchev–Trinajstić information content (AvgIpc) is 3.20. The number of esters is 2. The fraction of sp³-hybridized carbons (Fsp3) is 0.269. The van der Waals surface area contributed by atoms with E-state index in [1.54, 1.807) is 32.2 Å². The molecule has 0 aliphatic heterocycles. The van der Waals surface area contributed by atoms with E-state index in [0.29, 0.717) is 22.6 Å². The third-order valence-corrected chi connectivity index (χ3v) is 6.34. The summed E-state index contributed by atoms with van der Waals surface area (Å²) in [6.45, 7) is 5.77. The van der Waals surface area contributed by atoms with E-state index in [2.05, 4.69) is 20.3 Å². The van der Waals surface area contributed by atoms with Crippen LogP contribution in [0.4, 0.5) is 10.2 Å². The third-order valence-electron chi connectivity index (χ3n) is 5.34. The van der Waals surface area contributed by atoms with Gasteiger partial charge in [0.05, 0.1) is 30.8 Å². The van der Waals surface area contributed by atoms with Gasteiger partial charge in [-0.25, -0.2) is 14.4 Å². The molecule has 0 spiro atoms. The molecule has 3 heterocycles. The normalized spacial score (nSPS) is 11.0. The second-order valence-corrected chi connectivity index (χ2v) is 8.97. The molecular weight excluding hydrogens is 483 g/mol. The van der Waals surface area contributed by atoms with E-state index in [4.69, 9.17) is 9.47 Å². The van der Waals surface area contributed by atoms with Gasteiger partial charge in [-0.15, -0.1) is 11.3 Å². The van der Waals surface area contributed by atoms with Crippen LogP contribution >= 0.6 is 11.3 Å². The number of aromatic nitrogens is 3. The van der Waals surface area contributed by atoms with Gasteiger partial charge in [-0.2, -0.15) is 0 Å². The molecule has 1 aromatic carbocycles. The van der Waals surface area contributed by atoms with Crippen LogP contribution in [0.2, 0.25) is 0 Å². The SMILES string of the molecule is CCOC(=O)C(C(=O)OCC)c1nc(NCc2ccccn2)c2c(-c3ccc(F)cc3)c(C)sc2n1. The summed E-state index contributed by atoms with van der Waals surface area (Å²) >= 11 is 1.39. The van der Waals surface area contributed by atoms with Gasteiger partial charge in [0.2, 0.25) is 5.92 Å². The van der Waals surface area contributed by atoms with Crippen LogP contribution in [0.5, 0.6) is 0 Å². The number of nitrogens with one attached hydrogen (secondary N) is 1. The highest BCUT2D eigenvalue weighted by molar-refractivity contribution is 7.19. The Bertz CT molecular complexity index is 1360. The van der Waals surface area contributed by atoms with Crippen LogP contribution in [0.25, 0.3) is 21.3 Å². The third kappa shape index (κ3) is 5.33. The van der Waals surface area contributed by atoms with E-state index in [0.717, 1.165) is 21.7 Å². The van der Waals surface area contributed by atoms with Gasteiger partial charge in [-0.05, 0) is 50.6 Å². The van der Waals surface area contributed by atoms with Gasteiger partial charge in [-0.1, -0.05) is 18.2 Å². The monoisotopic (exact) mass is 508 g/mol. The summed E-state index contributed by atoms with van der Waals surface area (Å²) in [7, 11) is 0. The molecule has 0 saturated carbocycles. The first-order valence-electron chi connectivity index (χ1n) is 11.5. The van der Waals surface area contributed by atoms with E-state index in [1.807, 2.05) is 25.1 Å². The van der Waals surface area contributed by atoms with Crippen molar-refractivity contribution in [2.75, 3.05) is 18.5 Å². The second-order valence-electron chi connectivity index (χ2n) is 7.76. The lowest BCUT2D eigenvalue weighted by Crippen LogP contribution is -2.28. The Morgan fingerprint density at radius 3 is 2.33 bits per heavy atom. The van der Waals surface area contributed by atoms with Gasteiger partial charge in [-0.3, -0.25) is 14.6 Å². The van der Waals surface area contributed by atoms with Crippen molar-refractivity contribution in [1.82, 2.24) is 15.0 Å². The molecule has 0 fully saturated rings. The molecule has 3 aromatic heterocycles. The summed E-state index contributed by atoms with van der Waals surface area (Å²) in [4.78, 5) is 40.5. The number of ether oxygens (including phenoxy) is 2. The number of carbonyl (C=O) groups excluding carboxylic acids is 2. The lowest BCUT2D eigenvalue weighted by molar-refractivity contribution is -0.157. The van der Waals surface area contributed by atoms with Crippen molar-refractivity contribution >= 4 is 39.3 Å². The van der Waals surface area contributed by atoms with E-state index in [9.17, 15) is 14.0 Å². The van der Waals surface area contributed by atoms with Crippen LogP contribution in [0.3, 0.4) is 0 Å². The van der Waals surface area contributed by atoms with Crippen LogP contribution in [0, 0.1) is 12.7 Å². The van der Waals surface area contributed by atoms with Gasteiger partial charge < -0.3 is 14.8 Å². The van der Waals surface area contributed by atoms with E-state index < -0.39 is 17.9 Å². The van der Waals surface area contributed by atoms with Gasteiger partial charge in [0.1, 0.15) is 16.5 Å². The van der Waals surface area contributed by atoms with E-state index in [-0.39, 0.29) is 24.9 Å². The fourth-order valence-corrected chi connectivity index (χ4v) is 4.84. The van der Waals surface area contributed by atoms with Crippen LogP contribution in [-0.4, -0.2) is 40.1 Å². The zero-order chi connectivity index (χ0) is 25.7. The topological polar surface area (TPSA) is 103 Å². The highest BCUT2D eigenvalue weighted by atomic mass is 32.1. The molecule has 4 aromatic rings. The van der Waals surface area contributed by atoms with Crippen LogP contribution < -0.4 is 5.32 Å². The molecule has 0 aliphatic rings. The standard InChI is InChI=1S/C26H25FN4O4S/c1-4-34-25(32)21(26(33)35-5-2)23-30-22(29-14-18-8-6-7-13-28-18)20-19(15(3)36-24(20)31-23)16-9-11-17(27)12-10-16/h6-13,21H,4-5,14H2,1-3H3,(H,29,30,31). The molecule has 0 aliphatic carbocycles. The molecule has 0 bridgehead atoms. The highest BCUT2D eigenvalue weighted by Gasteiger charge is 2.35. The van der Waals surface area contributed by atoms with Gasteiger partial charge in [0.25, 0.3) is 0 Å². The molecular formula is C26H25FN4O4S. The van der Waals surface area contributed by atoms with Crippen molar-refractivity contribution in [2.45, 2.75) is 33.2 Å². The van der Waals surface area contributed by atoms with Crippen LogP contribution in [0.15, 0.2) is 48.7 Å². The predicted molar refractivity (Wildman–Crippen MR) is 135 cm³/mol. The average molecular weight is 509 g/mol. The summed E-state index contributed by atoms with van der Waals surface area (Å²) in [5.74, 6) is -2.93. The molecule has 36 heavy (non-hydrogen) atoms. The minimum absolute atomic E-state index is 0.0187. The number of aryl methyl sites for hydroxylation is 1. The quantitative estimate of drug-likeness (QED) is 0.248. The molecule has 186 valence electrons. The number of pyridine rings is 1. The summed E-state index contributed by atoms with van der Waals surface area (Å²) in [5.41, 5.74) is 2.41. The molecule has 8 nitrogen and oxygen atoms in total. The first-order valence-corrected chi connectivity index (χ1v) is 12.3. The van der Waals surface area contributed by atoms with E-state index >= 15 is 0 Å². The van der Waals surface area contributed by atoms with Crippen molar-refractivity contribution in [3.8, 4) is 11.1 Å². The van der Waals surface area contributed by atoms with Crippen molar-refractivity contribution in [1.29, 1.82) is 0 Å². The maximum Gasteiger partial charge on any atom is 0.328 e. The lowest BCUT2D eigenvalue weighted by atomic mass is 10.0. The first kappa shape index (κ1) is 25.2. The van der Waals surface area contributed by atoms with E-state index in [1.165, 1.54) is 23.5 Å². The summed E-state index contributed by atoms with van der Waals surface area (Å²) in [6, 6.07) is 11.7. The number of carbonyl (C=O) groups is 2. The lowest BCUT2D eigenvalue weighted by Gasteiger charge is -2.16. The predicted octanol–water partition coefficient (Wildman–Crippen LogP) is 5.02. The minimum Gasteiger partial charge on any atom is -0.465 e. The largest absolute Gasteiger partial charge is 0.465 e. The highest BCUT2D eigenvalue weighted by Crippen LogP contribution is 2.41. The number of benzene rings is 1. The number of fused-ring (bicyclic) bond motifs is 1. The maximum absolute atomic E-state index is 13.6. The van der Waals surface area contributed by atoms with Gasteiger partial charge in [0.15, 0.2) is 5.82 Å². The number of hydrogen-bond donors (Lipinski definition) is 1. The molecule has 0 atom stereocenters.